The molecule has 0 spiro atoms. The molecular weight excluding hydrogens is 425 g/mol. The molecule has 1 atom stereocenters. The average Bonchev–Trinajstić information content (AvgIpc) is 2.79. The Morgan fingerprint density at radius 1 is 1.22 bits per heavy atom. The molecule has 0 aliphatic carbocycles. The minimum absolute atomic E-state index is 0.153. The average molecular weight is 458 g/mol. The van der Waals surface area contributed by atoms with E-state index >= 15 is 0 Å². The van der Waals surface area contributed by atoms with Gasteiger partial charge in [0.2, 0.25) is 5.95 Å². The number of hydrogen-bond donors (Lipinski definition) is 2. The van der Waals surface area contributed by atoms with Crippen LogP contribution in [0.2, 0.25) is 0 Å². The molecule has 2 aliphatic rings. The van der Waals surface area contributed by atoms with Crippen molar-refractivity contribution in [1.82, 2.24) is 15.3 Å². The molecule has 2 fully saturated rings. The van der Waals surface area contributed by atoms with Crippen LogP contribution in [0.25, 0.3) is 0 Å². The Balaban J connectivity index is 1.44. The molecule has 3 heterocycles. The van der Waals surface area contributed by atoms with Gasteiger partial charge in [0.25, 0.3) is 0 Å². The highest BCUT2D eigenvalue weighted by Gasteiger charge is 2.34. The Bertz CT molecular complexity index is 932. The van der Waals surface area contributed by atoms with Crippen LogP contribution in [0.4, 0.5) is 16.2 Å². The number of aromatic nitrogens is 2. The van der Waals surface area contributed by atoms with Crippen LogP contribution in [-0.2, 0) is 10.2 Å². The van der Waals surface area contributed by atoms with Gasteiger partial charge in [-0.15, -0.1) is 0 Å². The normalized spacial score (nSPS) is 20.6. The van der Waals surface area contributed by atoms with E-state index < -0.39 is 0 Å². The van der Waals surface area contributed by atoms with Gasteiger partial charge in [-0.25, -0.2) is 9.37 Å². The maximum atomic E-state index is 13.5. The predicted molar refractivity (Wildman–Crippen MR) is 130 cm³/mol. The molecule has 6 nitrogen and oxygen atoms in total. The number of piperidine rings is 1. The smallest absolute Gasteiger partial charge is 0.231 e. The van der Waals surface area contributed by atoms with Gasteiger partial charge in [0, 0.05) is 49.5 Å². The van der Waals surface area contributed by atoms with Gasteiger partial charge in [-0.1, -0.05) is 12.1 Å². The molecule has 2 aliphatic heterocycles. The zero-order valence-electron chi connectivity index (χ0n) is 18.9. The minimum Gasteiger partial charge on any atom is -0.381 e. The van der Waals surface area contributed by atoms with Crippen LogP contribution in [-0.4, -0.2) is 47.4 Å². The largest absolute Gasteiger partial charge is 0.381 e. The highest BCUT2D eigenvalue weighted by atomic mass is 32.1. The van der Waals surface area contributed by atoms with Crippen molar-refractivity contribution in [3.8, 4) is 0 Å². The molecule has 2 aromatic rings. The van der Waals surface area contributed by atoms with Crippen LogP contribution in [0, 0.1) is 12.7 Å². The summed E-state index contributed by atoms with van der Waals surface area (Å²) in [5.74, 6) is 1.23. The maximum absolute atomic E-state index is 13.5. The molecule has 2 N–H and O–H groups in total. The summed E-state index contributed by atoms with van der Waals surface area (Å²) in [6.07, 6.45) is 5.34. The molecule has 0 amide bonds. The number of aryl methyl sites for hydroxylation is 1. The highest BCUT2D eigenvalue weighted by molar-refractivity contribution is 7.80. The minimum atomic E-state index is -0.225. The van der Waals surface area contributed by atoms with Crippen molar-refractivity contribution in [3.63, 3.8) is 0 Å². The van der Waals surface area contributed by atoms with E-state index in [-0.39, 0.29) is 11.2 Å². The molecule has 0 radical (unpaired) electrons. The monoisotopic (exact) mass is 457 g/mol. The molecule has 1 aromatic heterocycles. The Labute approximate surface area is 195 Å². The third kappa shape index (κ3) is 5.35. The number of hydrogen-bond acceptors (Lipinski definition) is 5. The number of nitrogens with one attached hydrogen (secondary N) is 2. The number of nitrogens with zero attached hydrogens (tertiary/aromatic N) is 3. The first kappa shape index (κ1) is 22.9. The molecule has 0 bridgehead atoms. The van der Waals surface area contributed by atoms with E-state index in [0.717, 1.165) is 36.5 Å². The summed E-state index contributed by atoms with van der Waals surface area (Å²) in [5, 5.41) is 7.02. The number of rotatable bonds is 5. The summed E-state index contributed by atoms with van der Waals surface area (Å²) in [5.41, 5.74) is 1.86. The summed E-state index contributed by atoms with van der Waals surface area (Å²) in [7, 11) is 0. The van der Waals surface area contributed by atoms with Gasteiger partial charge in [-0.3, -0.25) is 0 Å². The summed E-state index contributed by atoms with van der Waals surface area (Å²) in [4.78, 5) is 11.6. The lowest BCUT2D eigenvalue weighted by Gasteiger charge is -2.38. The van der Waals surface area contributed by atoms with Crippen molar-refractivity contribution in [2.75, 3.05) is 36.5 Å². The molecule has 8 heteroatoms. The summed E-state index contributed by atoms with van der Waals surface area (Å²) in [6.45, 7) is 7.23. The van der Waals surface area contributed by atoms with E-state index in [1.165, 1.54) is 31.4 Å². The molecule has 172 valence electrons. The fourth-order valence-electron chi connectivity index (χ4n) is 4.72. The number of benzene rings is 1. The van der Waals surface area contributed by atoms with Crippen LogP contribution in [0.5, 0.6) is 0 Å². The van der Waals surface area contributed by atoms with Gasteiger partial charge in [0.15, 0.2) is 5.11 Å². The van der Waals surface area contributed by atoms with Crippen LogP contribution in [0.1, 0.15) is 50.3 Å². The Hall–Kier alpha value is -2.32. The Morgan fingerprint density at radius 2 is 1.97 bits per heavy atom. The van der Waals surface area contributed by atoms with Gasteiger partial charge >= 0.3 is 0 Å². The zero-order chi connectivity index (χ0) is 22.6. The Kier molecular flexibility index (Phi) is 7.20. The van der Waals surface area contributed by atoms with E-state index in [4.69, 9.17) is 21.9 Å². The van der Waals surface area contributed by atoms with Crippen molar-refractivity contribution < 1.29 is 9.13 Å². The SMILES string of the molecule is Cc1cc(N2CCCCC2C)nc(NC(=S)NCC2(c3ccc(F)cc3)CCOCC2)n1. The van der Waals surface area contributed by atoms with Gasteiger partial charge in [-0.05, 0) is 75.9 Å². The lowest BCUT2D eigenvalue weighted by Crippen LogP contribution is -2.45. The fourth-order valence-corrected chi connectivity index (χ4v) is 4.89. The van der Waals surface area contributed by atoms with E-state index in [1.54, 1.807) is 0 Å². The molecule has 0 saturated carbocycles. The second-order valence-corrected chi connectivity index (χ2v) is 9.34. The van der Waals surface area contributed by atoms with Gasteiger partial charge < -0.3 is 20.3 Å². The summed E-state index contributed by atoms with van der Waals surface area (Å²) in [6, 6.07) is 9.29. The van der Waals surface area contributed by atoms with Crippen LogP contribution >= 0.6 is 12.2 Å². The van der Waals surface area contributed by atoms with Crippen LogP contribution in [0.3, 0.4) is 0 Å². The second kappa shape index (κ2) is 10.1. The lowest BCUT2D eigenvalue weighted by atomic mass is 9.74. The third-order valence-corrected chi connectivity index (χ3v) is 6.90. The Morgan fingerprint density at radius 3 is 2.69 bits per heavy atom. The molecule has 1 aromatic carbocycles. The summed E-state index contributed by atoms with van der Waals surface area (Å²) < 4.78 is 19.1. The van der Waals surface area contributed by atoms with E-state index in [2.05, 4.69) is 27.4 Å². The molecule has 1 unspecified atom stereocenters. The number of halogens is 1. The first-order chi connectivity index (χ1) is 15.4. The standard InChI is InChI=1S/C24H32FN5OS/c1-17-15-21(30-12-4-3-5-18(30)2)28-22(27-17)29-23(32)26-16-24(10-13-31-14-11-24)19-6-8-20(25)9-7-19/h6-9,15,18H,3-5,10-14,16H2,1-2H3,(H2,26,27,28,29,32). The van der Waals surface area contributed by atoms with Crippen LogP contribution < -0.4 is 15.5 Å². The first-order valence-corrected chi connectivity index (χ1v) is 11.9. The first-order valence-electron chi connectivity index (χ1n) is 11.5. The zero-order valence-corrected chi connectivity index (χ0v) is 19.7. The quantitative estimate of drug-likeness (QED) is 0.648. The fraction of sp³-hybridized carbons (Fsp3) is 0.542. The summed E-state index contributed by atoms with van der Waals surface area (Å²) >= 11 is 5.58. The van der Waals surface area contributed by atoms with Crippen molar-refractivity contribution in [3.05, 3.63) is 47.4 Å². The van der Waals surface area contributed by atoms with E-state index in [1.807, 2.05) is 25.1 Å². The number of anilines is 2. The van der Waals surface area contributed by atoms with Gasteiger partial charge in [0.05, 0.1) is 0 Å². The lowest BCUT2D eigenvalue weighted by molar-refractivity contribution is 0.0515. The van der Waals surface area contributed by atoms with Crippen molar-refractivity contribution in [1.29, 1.82) is 0 Å². The molecule has 4 rings (SSSR count). The topological polar surface area (TPSA) is 62.3 Å². The molecular formula is C24H32FN5OS. The highest BCUT2D eigenvalue weighted by Crippen LogP contribution is 2.34. The number of ether oxygens (including phenoxy) is 1. The van der Waals surface area contributed by atoms with Crippen molar-refractivity contribution in [2.45, 2.75) is 57.4 Å². The van der Waals surface area contributed by atoms with Gasteiger partial charge in [-0.2, -0.15) is 4.98 Å². The van der Waals surface area contributed by atoms with Crippen molar-refractivity contribution >= 4 is 29.1 Å². The predicted octanol–water partition coefficient (Wildman–Crippen LogP) is 4.34. The molecule has 32 heavy (non-hydrogen) atoms. The third-order valence-electron chi connectivity index (χ3n) is 6.66. The van der Waals surface area contributed by atoms with Gasteiger partial charge in [0.1, 0.15) is 11.6 Å². The van der Waals surface area contributed by atoms with Crippen LogP contribution in [0.15, 0.2) is 30.3 Å². The maximum Gasteiger partial charge on any atom is 0.231 e. The van der Waals surface area contributed by atoms with E-state index in [9.17, 15) is 4.39 Å². The number of thiocarbonyl (C=S) groups is 1. The second-order valence-electron chi connectivity index (χ2n) is 8.94. The van der Waals surface area contributed by atoms with E-state index in [0.29, 0.717) is 36.9 Å². The van der Waals surface area contributed by atoms with Crippen molar-refractivity contribution in [2.24, 2.45) is 0 Å². The molecule has 2 saturated heterocycles.